The summed E-state index contributed by atoms with van der Waals surface area (Å²) in [7, 11) is 0. The van der Waals surface area contributed by atoms with Crippen molar-refractivity contribution in [2.45, 2.75) is 44.6 Å². The molecule has 0 unspecified atom stereocenters. The van der Waals surface area contributed by atoms with Crippen LogP contribution in [-0.2, 0) is 9.53 Å². The van der Waals surface area contributed by atoms with E-state index < -0.39 is 0 Å². The van der Waals surface area contributed by atoms with Gasteiger partial charge in [-0.05, 0) is 32.1 Å². The Morgan fingerprint density at radius 2 is 1.91 bits per heavy atom. The smallest absolute Gasteiger partial charge is 0.309 e. The normalized spacial score (nSPS) is 37.6. The van der Waals surface area contributed by atoms with E-state index in [2.05, 4.69) is 0 Å². The molecule has 0 aromatic heterocycles. The largest absolute Gasteiger partial charge is 0.462 e. The van der Waals surface area contributed by atoms with E-state index in [4.69, 9.17) is 4.74 Å². The Labute approximate surface area is 66.9 Å². The van der Waals surface area contributed by atoms with Crippen LogP contribution in [0.3, 0.4) is 0 Å². The fourth-order valence-corrected chi connectivity index (χ4v) is 2.05. The number of esters is 1. The first-order chi connectivity index (χ1) is 5.36. The van der Waals surface area contributed by atoms with Crippen molar-refractivity contribution >= 4 is 5.97 Å². The number of hydrogen-bond donors (Lipinski definition) is 0. The number of hydrogen-bond acceptors (Lipinski definition) is 2. The van der Waals surface area contributed by atoms with Gasteiger partial charge in [0.2, 0.25) is 0 Å². The highest BCUT2D eigenvalue weighted by molar-refractivity contribution is 5.73. The maximum absolute atomic E-state index is 11.2. The van der Waals surface area contributed by atoms with Crippen LogP contribution in [0, 0.1) is 5.92 Å². The molecule has 0 aromatic carbocycles. The minimum absolute atomic E-state index is 0.0703. The standard InChI is InChI=1S/C9H14O2/c10-9-7-3-1-2-4-8(11-9)6-5-7/h7-8H,1-6H2/t7-,8+/m0/s1. The molecular weight excluding hydrogens is 140 g/mol. The van der Waals surface area contributed by atoms with Crippen molar-refractivity contribution in [2.24, 2.45) is 5.92 Å². The lowest BCUT2D eigenvalue weighted by molar-refractivity contribution is -0.162. The topological polar surface area (TPSA) is 26.3 Å². The average Bonchev–Trinajstić information content (AvgIpc) is 1.92. The van der Waals surface area contributed by atoms with Gasteiger partial charge < -0.3 is 4.74 Å². The summed E-state index contributed by atoms with van der Waals surface area (Å²) in [6.07, 6.45) is 7.06. The first-order valence-electron chi connectivity index (χ1n) is 4.57. The van der Waals surface area contributed by atoms with E-state index >= 15 is 0 Å². The molecule has 1 aliphatic carbocycles. The molecule has 0 aromatic rings. The van der Waals surface area contributed by atoms with Gasteiger partial charge >= 0.3 is 5.97 Å². The summed E-state index contributed by atoms with van der Waals surface area (Å²) >= 11 is 0. The number of ether oxygens (including phenoxy) is 1. The van der Waals surface area contributed by atoms with Crippen molar-refractivity contribution in [3.8, 4) is 0 Å². The second kappa shape index (κ2) is 2.84. The highest BCUT2D eigenvalue weighted by Crippen LogP contribution is 2.30. The molecule has 2 saturated heterocycles. The van der Waals surface area contributed by atoms with Crippen LogP contribution in [0.5, 0.6) is 0 Å². The molecule has 3 fully saturated rings. The van der Waals surface area contributed by atoms with Crippen molar-refractivity contribution < 1.29 is 9.53 Å². The molecule has 0 radical (unpaired) electrons. The molecule has 2 aliphatic heterocycles. The zero-order valence-corrected chi connectivity index (χ0v) is 6.71. The molecule has 2 nitrogen and oxygen atoms in total. The third kappa shape index (κ3) is 1.39. The van der Waals surface area contributed by atoms with E-state index in [1.165, 1.54) is 12.8 Å². The van der Waals surface area contributed by atoms with Gasteiger partial charge in [-0.25, -0.2) is 0 Å². The average molecular weight is 154 g/mol. The van der Waals surface area contributed by atoms with Crippen LogP contribution in [0.15, 0.2) is 0 Å². The van der Waals surface area contributed by atoms with Crippen LogP contribution in [0.25, 0.3) is 0 Å². The van der Waals surface area contributed by atoms with Crippen molar-refractivity contribution in [1.29, 1.82) is 0 Å². The molecule has 0 amide bonds. The van der Waals surface area contributed by atoms with Crippen LogP contribution >= 0.6 is 0 Å². The van der Waals surface area contributed by atoms with Crippen LogP contribution in [0.4, 0.5) is 0 Å². The van der Waals surface area contributed by atoms with Crippen molar-refractivity contribution in [3.05, 3.63) is 0 Å². The zero-order valence-electron chi connectivity index (χ0n) is 6.71. The molecular formula is C9H14O2. The van der Waals surface area contributed by atoms with E-state index in [-0.39, 0.29) is 18.0 Å². The van der Waals surface area contributed by atoms with Crippen molar-refractivity contribution in [3.63, 3.8) is 0 Å². The third-order valence-corrected chi connectivity index (χ3v) is 2.78. The maximum Gasteiger partial charge on any atom is 0.309 e. The molecule has 1 saturated carbocycles. The predicted molar refractivity (Wildman–Crippen MR) is 41.1 cm³/mol. The second-order valence-corrected chi connectivity index (χ2v) is 3.62. The minimum atomic E-state index is 0.0703. The van der Waals surface area contributed by atoms with Gasteiger partial charge in [0.05, 0.1) is 5.92 Å². The summed E-state index contributed by atoms with van der Waals surface area (Å²) in [5.41, 5.74) is 0. The van der Waals surface area contributed by atoms with Gasteiger partial charge in [0.1, 0.15) is 6.10 Å². The first-order valence-corrected chi connectivity index (χ1v) is 4.57. The number of fused-ring (bicyclic) bond motifs is 5. The van der Waals surface area contributed by atoms with Gasteiger partial charge in [-0.2, -0.15) is 0 Å². The predicted octanol–water partition coefficient (Wildman–Crippen LogP) is 1.88. The lowest BCUT2D eigenvalue weighted by Crippen LogP contribution is -2.32. The summed E-state index contributed by atoms with van der Waals surface area (Å²) in [5.74, 6) is 0.313. The summed E-state index contributed by atoms with van der Waals surface area (Å²) in [6.45, 7) is 0. The Hall–Kier alpha value is -0.530. The Morgan fingerprint density at radius 1 is 1.09 bits per heavy atom. The third-order valence-electron chi connectivity index (χ3n) is 2.78. The second-order valence-electron chi connectivity index (χ2n) is 3.62. The van der Waals surface area contributed by atoms with Gasteiger partial charge in [0, 0.05) is 0 Å². The number of carbonyl (C=O) groups excluding carboxylic acids is 1. The highest BCUT2D eigenvalue weighted by Gasteiger charge is 2.31. The summed E-state index contributed by atoms with van der Waals surface area (Å²) in [5, 5.41) is 0. The molecule has 0 N–H and O–H groups in total. The lowest BCUT2D eigenvalue weighted by Gasteiger charge is -2.30. The molecule has 11 heavy (non-hydrogen) atoms. The Balaban J connectivity index is 2.07. The van der Waals surface area contributed by atoms with Crippen molar-refractivity contribution in [1.82, 2.24) is 0 Å². The highest BCUT2D eigenvalue weighted by atomic mass is 16.5. The summed E-state index contributed by atoms with van der Waals surface area (Å²) in [4.78, 5) is 11.2. The molecule has 2 atom stereocenters. The molecule has 3 rings (SSSR count). The van der Waals surface area contributed by atoms with Crippen LogP contribution in [-0.4, -0.2) is 12.1 Å². The van der Waals surface area contributed by atoms with Gasteiger partial charge in [-0.3, -0.25) is 4.79 Å². The minimum Gasteiger partial charge on any atom is -0.462 e. The molecule has 0 spiro atoms. The van der Waals surface area contributed by atoms with Gasteiger partial charge in [-0.1, -0.05) is 6.42 Å². The van der Waals surface area contributed by atoms with Gasteiger partial charge in [0.15, 0.2) is 0 Å². The number of carbonyl (C=O) groups is 1. The Kier molecular flexibility index (Phi) is 1.84. The molecule has 2 heterocycles. The van der Waals surface area contributed by atoms with E-state index in [1.807, 2.05) is 0 Å². The molecule has 2 heteroatoms. The molecule has 62 valence electrons. The van der Waals surface area contributed by atoms with E-state index in [0.717, 1.165) is 25.7 Å². The van der Waals surface area contributed by atoms with Crippen LogP contribution in [0.1, 0.15) is 38.5 Å². The number of rotatable bonds is 0. The Bertz CT molecular complexity index is 161. The van der Waals surface area contributed by atoms with Crippen molar-refractivity contribution in [2.75, 3.05) is 0 Å². The fraction of sp³-hybridized carbons (Fsp3) is 0.889. The van der Waals surface area contributed by atoms with Crippen LogP contribution in [0.2, 0.25) is 0 Å². The van der Waals surface area contributed by atoms with Gasteiger partial charge in [-0.15, -0.1) is 0 Å². The Morgan fingerprint density at radius 3 is 2.73 bits per heavy atom. The van der Waals surface area contributed by atoms with E-state index in [9.17, 15) is 4.79 Å². The maximum atomic E-state index is 11.2. The SMILES string of the molecule is O=C1O[C@@H]2CCCC[C@H]1CC2. The first kappa shape index (κ1) is 7.14. The summed E-state index contributed by atoms with van der Waals surface area (Å²) < 4.78 is 5.25. The summed E-state index contributed by atoms with van der Waals surface area (Å²) in [6, 6.07) is 0. The monoisotopic (exact) mass is 154 g/mol. The molecule has 2 bridgehead atoms. The molecule has 3 aliphatic rings. The fourth-order valence-electron chi connectivity index (χ4n) is 2.05. The lowest BCUT2D eigenvalue weighted by atomic mass is 9.87. The van der Waals surface area contributed by atoms with Gasteiger partial charge in [0.25, 0.3) is 0 Å². The zero-order chi connectivity index (χ0) is 7.68. The quantitative estimate of drug-likeness (QED) is 0.498. The van der Waals surface area contributed by atoms with E-state index in [1.54, 1.807) is 0 Å². The van der Waals surface area contributed by atoms with E-state index in [0.29, 0.717) is 0 Å². The van der Waals surface area contributed by atoms with Crippen LogP contribution < -0.4 is 0 Å².